The zero-order valence-electron chi connectivity index (χ0n) is 30.0. The summed E-state index contributed by atoms with van der Waals surface area (Å²) in [4.78, 5) is 5.64. The van der Waals surface area contributed by atoms with E-state index in [4.69, 9.17) is 14.2 Å². The number of hydrogen-bond acceptors (Lipinski definition) is 4. The Morgan fingerprint density at radius 2 is 1.46 bits per heavy atom. The molecule has 1 aliphatic carbocycles. The molecule has 3 heterocycles. The van der Waals surface area contributed by atoms with E-state index in [1.54, 1.807) is 7.11 Å². The van der Waals surface area contributed by atoms with Crippen LogP contribution in [0.2, 0.25) is 0 Å². The van der Waals surface area contributed by atoms with Gasteiger partial charge < -0.3 is 23.8 Å². The Bertz CT molecular complexity index is 2200. The third-order valence-electron chi connectivity index (χ3n) is 10.5. The number of aromatic amines is 1. The summed E-state index contributed by atoms with van der Waals surface area (Å²) >= 11 is 0. The van der Waals surface area contributed by atoms with Gasteiger partial charge in [-0.3, -0.25) is 4.90 Å². The summed E-state index contributed by atoms with van der Waals surface area (Å²) in [6.07, 6.45) is 7.92. The summed E-state index contributed by atoms with van der Waals surface area (Å²) in [5, 5.41) is 2.55. The van der Waals surface area contributed by atoms with Crippen LogP contribution >= 0.6 is 0 Å². The maximum Gasteiger partial charge on any atom is 0.120 e. The molecule has 264 valence electrons. The van der Waals surface area contributed by atoms with Crippen molar-refractivity contribution in [1.29, 1.82) is 0 Å². The first-order valence-electron chi connectivity index (χ1n) is 18.7. The van der Waals surface area contributed by atoms with Gasteiger partial charge in [0.2, 0.25) is 0 Å². The lowest BCUT2D eigenvalue weighted by atomic mass is 9.88. The summed E-state index contributed by atoms with van der Waals surface area (Å²) < 4.78 is 20.4. The molecule has 1 fully saturated rings. The molecule has 0 atom stereocenters. The van der Waals surface area contributed by atoms with Gasteiger partial charge in [-0.25, -0.2) is 0 Å². The smallest absolute Gasteiger partial charge is 0.120 e. The van der Waals surface area contributed by atoms with Gasteiger partial charge in [-0.05, 0) is 127 Å². The minimum Gasteiger partial charge on any atom is -0.497 e. The van der Waals surface area contributed by atoms with Gasteiger partial charge in [0, 0.05) is 41.3 Å². The van der Waals surface area contributed by atoms with Gasteiger partial charge in [0.1, 0.15) is 30.5 Å². The molecule has 7 aromatic rings. The second kappa shape index (κ2) is 15.8. The number of piperidine rings is 1. The van der Waals surface area contributed by atoms with E-state index in [0.29, 0.717) is 6.61 Å². The van der Waals surface area contributed by atoms with Crippen LogP contribution in [0, 0.1) is 0 Å². The lowest BCUT2D eigenvalue weighted by molar-refractivity contribution is 0.183. The number of nitrogens with one attached hydrogen (secondary N) is 1. The fourth-order valence-corrected chi connectivity index (χ4v) is 7.70. The normalized spacial score (nSPS) is 13.9. The second-order valence-corrected chi connectivity index (χ2v) is 13.8. The highest BCUT2D eigenvalue weighted by Gasteiger charge is 2.25. The zero-order valence-corrected chi connectivity index (χ0v) is 30.0. The minimum absolute atomic E-state index is 0.560. The molecule has 2 aliphatic rings. The van der Waals surface area contributed by atoms with Crippen molar-refractivity contribution in [3.8, 4) is 28.5 Å². The summed E-state index contributed by atoms with van der Waals surface area (Å²) in [6.45, 7) is 5.50. The van der Waals surface area contributed by atoms with Crippen LogP contribution in [0.3, 0.4) is 0 Å². The molecule has 9 rings (SSSR count). The number of para-hydroxylation sites is 1. The number of methoxy groups -OCH3 is 1. The molecule has 1 saturated heterocycles. The van der Waals surface area contributed by atoms with E-state index in [2.05, 4.69) is 118 Å². The average molecular weight is 690 g/mol. The predicted octanol–water partition coefficient (Wildman–Crippen LogP) is 10.1. The largest absolute Gasteiger partial charge is 0.497 e. The number of aromatic nitrogens is 2. The number of aryl methyl sites for hydroxylation is 2. The van der Waals surface area contributed by atoms with Crippen LogP contribution in [0.15, 0.2) is 128 Å². The fourth-order valence-electron chi connectivity index (χ4n) is 7.70. The highest BCUT2D eigenvalue weighted by molar-refractivity contribution is 5.94. The minimum atomic E-state index is 0.560. The molecule has 6 heteroatoms. The molecule has 0 bridgehead atoms. The molecule has 1 aliphatic heterocycles. The Morgan fingerprint density at radius 3 is 2.29 bits per heavy atom. The Labute approximate surface area is 306 Å². The lowest BCUT2D eigenvalue weighted by Gasteiger charge is -2.26. The molecular formula is C46H47N3O3. The van der Waals surface area contributed by atoms with Crippen molar-refractivity contribution in [2.75, 3.05) is 33.4 Å². The molecule has 0 unspecified atom stereocenters. The summed E-state index contributed by atoms with van der Waals surface area (Å²) in [5.41, 5.74) is 10.2. The van der Waals surface area contributed by atoms with E-state index >= 15 is 0 Å². The summed E-state index contributed by atoms with van der Waals surface area (Å²) in [7, 11) is 1.74. The Kier molecular flexibility index (Phi) is 10.3. The van der Waals surface area contributed by atoms with Crippen LogP contribution in [0.4, 0.5) is 0 Å². The highest BCUT2D eigenvalue weighted by Crippen LogP contribution is 2.42. The Morgan fingerprint density at radius 1 is 0.673 bits per heavy atom. The molecule has 1 N–H and O–H groups in total. The van der Waals surface area contributed by atoms with Crippen LogP contribution in [0.25, 0.3) is 33.1 Å². The van der Waals surface area contributed by atoms with Crippen LogP contribution in [0.1, 0.15) is 41.5 Å². The van der Waals surface area contributed by atoms with Gasteiger partial charge in [0.25, 0.3) is 0 Å². The fraction of sp³-hybridized carbons (Fsp3) is 0.261. The van der Waals surface area contributed by atoms with Crippen molar-refractivity contribution in [1.82, 2.24) is 14.5 Å². The quantitative estimate of drug-likeness (QED) is 0.155. The molecular weight excluding hydrogens is 643 g/mol. The van der Waals surface area contributed by atoms with Crippen LogP contribution in [-0.2, 0) is 26.0 Å². The molecule has 0 amide bonds. The van der Waals surface area contributed by atoms with Gasteiger partial charge in [0.05, 0.1) is 12.8 Å². The van der Waals surface area contributed by atoms with Crippen molar-refractivity contribution in [3.63, 3.8) is 0 Å². The maximum absolute atomic E-state index is 6.26. The standard InChI is InChI=1S/C38H40N2O3.C8H7N/c1-41-32-15-18-34-30(24-32)12-17-35-36-25-33(43-27-29-8-4-2-5-9-29)16-19-37(36)40(38(34)35)26-28-10-13-31(14-11-28)42-23-22-39-20-6-3-7-21-39;1-2-4-8-7(3-1)5-6-9-8/h2,4-5,8-11,13-16,18-19,24-25H,3,6-7,12,17,20-23,26-27H2,1H3;1-6,9H. The number of rotatable bonds is 10. The monoisotopic (exact) mass is 689 g/mol. The van der Waals surface area contributed by atoms with Gasteiger partial charge in [-0.2, -0.15) is 0 Å². The van der Waals surface area contributed by atoms with Crippen molar-refractivity contribution in [3.05, 3.63) is 150 Å². The van der Waals surface area contributed by atoms with E-state index in [0.717, 1.165) is 49.8 Å². The number of hydrogen-bond donors (Lipinski definition) is 1. The van der Waals surface area contributed by atoms with Gasteiger partial charge >= 0.3 is 0 Å². The lowest BCUT2D eigenvalue weighted by Crippen LogP contribution is -2.33. The molecule has 52 heavy (non-hydrogen) atoms. The maximum atomic E-state index is 6.26. The Hall–Kier alpha value is -5.46. The molecule has 5 aromatic carbocycles. The average Bonchev–Trinajstić information content (AvgIpc) is 3.81. The van der Waals surface area contributed by atoms with Gasteiger partial charge in [-0.1, -0.05) is 67.1 Å². The number of fused-ring (bicyclic) bond motifs is 6. The van der Waals surface area contributed by atoms with Gasteiger partial charge in [-0.15, -0.1) is 0 Å². The number of ether oxygens (including phenoxy) is 3. The van der Waals surface area contributed by atoms with E-state index in [1.807, 2.05) is 24.4 Å². The number of nitrogens with zero attached hydrogens (tertiary/aromatic N) is 2. The molecule has 6 nitrogen and oxygen atoms in total. The van der Waals surface area contributed by atoms with Crippen LogP contribution in [-0.4, -0.2) is 47.8 Å². The first kappa shape index (κ1) is 33.7. The van der Waals surface area contributed by atoms with Crippen LogP contribution < -0.4 is 14.2 Å². The molecule has 0 spiro atoms. The number of H-pyrrole nitrogens is 1. The SMILES string of the molecule is COc1ccc2c(c1)CCc1c-2n(Cc2ccc(OCCN3CCCCC3)cc2)c2ccc(OCc3ccccc3)cc12.c1ccc2[nH]ccc2c1. The molecule has 0 radical (unpaired) electrons. The van der Waals surface area contributed by atoms with E-state index < -0.39 is 0 Å². The Balaban J connectivity index is 0.000000372. The number of likely N-dealkylation sites (tertiary alicyclic amines) is 1. The first-order valence-corrected chi connectivity index (χ1v) is 18.7. The van der Waals surface area contributed by atoms with E-state index in [9.17, 15) is 0 Å². The topological polar surface area (TPSA) is 51.6 Å². The van der Waals surface area contributed by atoms with Crippen molar-refractivity contribution in [2.45, 2.75) is 45.3 Å². The van der Waals surface area contributed by atoms with Crippen molar-refractivity contribution in [2.24, 2.45) is 0 Å². The summed E-state index contributed by atoms with van der Waals surface area (Å²) in [6, 6.07) is 42.4. The third kappa shape index (κ3) is 7.58. The summed E-state index contributed by atoms with van der Waals surface area (Å²) in [5.74, 6) is 2.76. The van der Waals surface area contributed by atoms with Crippen LogP contribution in [0.5, 0.6) is 17.2 Å². The van der Waals surface area contributed by atoms with E-state index in [-0.39, 0.29) is 0 Å². The highest BCUT2D eigenvalue weighted by atomic mass is 16.5. The number of benzene rings is 5. The van der Waals surface area contributed by atoms with Gasteiger partial charge in [0.15, 0.2) is 0 Å². The molecule has 0 saturated carbocycles. The molecule has 2 aromatic heterocycles. The third-order valence-corrected chi connectivity index (χ3v) is 10.5. The first-order chi connectivity index (χ1) is 25.7. The zero-order chi connectivity index (χ0) is 35.1. The van der Waals surface area contributed by atoms with Crippen molar-refractivity contribution < 1.29 is 14.2 Å². The van der Waals surface area contributed by atoms with Crippen molar-refractivity contribution >= 4 is 21.8 Å². The second-order valence-electron chi connectivity index (χ2n) is 13.8. The predicted molar refractivity (Wildman–Crippen MR) is 212 cm³/mol. The van der Waals surface area contributed by atoms with E-state index in [1.165, 1.54) is 87.7 Å².